The predicted molar refractivity (Wildman–Crippen MR) is 81.2 cm³/mol. The molecule has 2 aromatic carbocycles. The van der Waals surface area contributed by atoms with Gasteiger partial charge >= 0.3 is 0 Å². The van der Waals surface area contributed by atoms with Crippen LogP contribution in [-0.2, 0) is 5.60 Å². The molecule has 0 aliphatic heterocycles. The van der Waals surface area contributed by atoms with Crippen molar-refractivity contribution in [2.75, 3.05) is 0 Å². The van der Waals surface area contributed by atoms with E-state index in [9.17, 15) is 10.2 Å². The van der Waals surface area contributed by atoms with Gasteiger partial charge in [-0.05, 0) is 17.5 Å². The van der Waals surface area contributed by atoms with E-state index in [1.54, 1.807) is 0 Å². The molecule has 0 spiro atoms. The molecule has 0 aliphatic rings. The van der Waals surface area contributed by atoms with Crippen LogP contribution in [0.1, 0.15) is 37.5 Å². The molecule has 2 aromatic rings. The molecule has 0 aliphatic carbocycles. The van der Waals surface area contributed by atoms with Gasteiger partial charge in [0.25, 0.3) is 0 Å². The van der Waals surface area contributed by atoms with E-state index in [4.69, 9.17) is 0 Å². The number of hydrogen-bond donors (Lipinski definition) is 2. The van der Waals surface area contributed by atoms with Crippen LogP contribution in [0.4, 0.5) is 0 Å². The molecular weight excluding hydrogens is 248 g/mol. The molecule has 0 radical (unpaired) electrons. The lowest BCUT2D eigenvalue weighted by molar-refractivity contribution is -0.0735. The summed E-state index contributed by atoms with van der Waals surface area (Å²) in [4.78, 5) is 0. The minimum absolute atomic E-state index is 0.294. The SMILES string of the molecule is CC[C@](O)(c1ccccc1)[C@@H](C)[C@H](O)c1ccccc1. The summed E-state index contributed by atoms with van der Waals surface area (Å²) < 4.78 is 0. The van der Waals surface area contributed by atoms with Crippen molar-refractivity contribution >= 4 is 0 Å². The van der Waals surface area contributed by atoms with E-state index < -0.39 is 11.7 Å². The highest BCUT2D eigenvalue weighted by Crippen LogP contribution is 2.39. The van der Waals surface area contributed by atoms with Gasteiger partial charge in [0.05, 0.1) is 11.7 Å². The van der Waals surface area contributed by atoms with E-state index in [0.29, 0.717) is 6.42 Å². The van der Waals surface area contributed by atoms with E-state index in [1.165, 1.54) is 0 Å². The molecule has 2 heteroatoms. The summed E-state index contributed by atoms with van der Waals surface area (Å²) >= 11 is 0. The number of rotatable bonds is 5. The van der Waals surface area contributed by atoms with Gasteiger partial charge in [0.15, 0.2) is 0 Å². The van der Waals surface area contributed by atoms with Gasteiger partial charge < -0.3 is 10.2 Å². The van der Waals surface area contributed by atoms with Gasteiger partial charge in [-0.1, -0.05) is 74.5 Å². The Morgan fingerprint density at radius 3 is 1.95 bits per heavy atom. The topological polar surface area (TPSA) is 40.5 Å². The van der Waals surface area contributed by atoms with Crippen LogP contribution in [0.3, 0.4) is 0 Å². The number of benzene rings is 2. The average molecular weight is 270 g/mol. The molecule has 106 valence electrons. The fourth-order valence-corrected chi connectivity index (χ4v) is 2.72. The van der Waals surface area contributed by atoms with Gasteiger partial charge in [-0.2, -0.15) is 0 Å². The minimum atomic E-state index is -1.03. The van der Waals surface area contributed by atoms with E-state index in [1.807, 2.05) is 74.5 Å². The van der Waals surface area contributed by atoms with Crippen LogP contribution in [0.5, 0.6) is 0 Å². The molecule has 0 amide bonds. The molecule has 2 N–H and O–H groups in total. The Bertz CT molecular complexity index is 524. The van der Waals surface area contributed by atoms with Crippen molar-refractivity contribution in [3.8, 4) is 0 Å². The van der Waals surface area contributed by atoms with Crippen LogP contribution in [0, 0.1) is 5.92 Å². The summed E-state index contributed by atoms with van der Waals surface area (Å²) in [6.07, 6.45) is -0.136. The monoisotopic (exact) mass is 270 g/mol. The van der Waals surface area contributed by atoms with E-state index >= 15 is 0 Å². The van der Waals surface area contributed by atoms with Crippen LogP contribution < -0.4 is 0 Å². The van der Waals surface area contributed by atoms with Crippen molar-refractivity contribution in [2.24, 2.45) is 5.92 Å². The molecule has 0 fully saturated rings. The molecule has 20 heavy (non-hydrogen) atoms. The Balaban J connectivity index is 2.32. The summed E-state index contributed by atoms with van der Waals surface area (Å²) in [7, 11) is 0. The van der Waals surface area contributed by atoms with Gasteiger partial charge in [0.1, 0.15) is 0 Å². The maximum atomic E-state index is 11.0. The first-order chi connectivity index (χ1) is 9.59. The van der Waals surface area contributed by atoms with Gasteiger partial charge in [-0.25, -0.2) is 0 Å². The summed E-state index contributed by atoms with van der Waals surface area (Å²) in [6, 6.07) is 19.1. The van der Waals surface area contributed by atoms with Gasteiger partial charge in [-0.15, -0.1) is 0 Å². The summed E-state index contributed by atoms with van der Waals surface area (Å²) in [5, 5.41) is 21.6. The number of aliphatic hydroxyl groups is 2. The molecule has 0 saturated heterocycles. The fourth-order valence-electron chi connectivity index (χ4n) is 2.72. The molecule has 0 heterocycles. The molecule has 2 nitrogen and oxygen atoms in total. The lowest BCUT2D eigenvalue weighted by Gasteiger charge is -2.36. The molecule has 0 bridgehead atoms. The summed E-state index contributed by atoms with van der Waals surface area (Å²) in [5.41, 5.74) is 0.657. The van der Waals surface area contributed by atoms with Crippen LogP contribution in [0.2, 0.25) is 0 Å². The third-order valence-corrected chi connectivity index (χ3v) is 4.18. The maximum Gasteiger partial charge on any atom is 0.0947 e. The molecule has 3 atom stereocenters. The lowest BCUT2D eigenvalue weighted by atomic mass is 9.76. The molecular formula is C18H22O2. The van der Waals surface area contributed by atoms with Crippen molar-refractivity contribution in [1.82, 2.24) is 0 Å². The Kier molecular flexibility index (Phi) is 4.58. The fraction of sp³-hybridized carbons (Fsp3) is 0.333. The average Bonchev–Trinajstić information content (AvgIpc) is 2.54. The van der Waals surface area contributed by atoms with Crippen molar-refractivity contribution in [1.29, 1.82) is 0 Å². The predicted octanol–water partition coefficient (Wildman–Crippen LogP) is 3.65. The molecule has 0 saturated carbocycles. The highest BCUT2D eigenvalue weighted by molar-refractivity contribution is 5.26. The third-order valence-electron chi connectivity index (χ3n) is 4.18. The van der Waals surface area contributed by atoms with Gasteiger partial charge in [-0.3, -0.25) is 0 Å². The lowest BCUT2D eigenvalue weighted by Crippen LogP contribution is -2.36. The Morgan fingerprint density at radius 1 is 0.950 bits per heavy atom. The van der Waals surface area contributed by atoms with Crippen LogP contribution in [-0.4, -0.2) is 10.2 Å². The van der Waals surface area contributed by atoms with Crippen LogP contribution in [0.15, 0.2) is 60.7 Å². The van der Waals surface area contributed by atoms with Gasteiger partial charge in [0, 0.05) is 5.92 Å². The highest BCUT2D eigenvalue weighted by Gasteiger charge is 2.38. The molecule has 2 rings (SSSR count). The van der Waals surface area contributed by atoms with Gasteiger partial charge in [0.2, 0.25) is 0 Å². The molecule has 0 unspecified atom stereocenters. The second-order valence-corrected chi connectivity index (χ2v) is 5.29. The summed E-state index contributed by atoms with van der Waals surface area (Å²) in [5.74, 6) is -0.294. The largest absolute Gasteiger partial charge is 0.388 e. The number of hydrogen-bond acceptors (Lipinski definition) is 2. The first-order valence-corrected chi connectivity index (χ1v) is 7.10. The molecule has 0 aromatic heterocycles. The summed E-state index contributed by atoms with van der Waals surface area (Å²) in [6.45, 7) is 3.84. The van der Waals surface area contributed by atoms with E-state index in [2.05, 4.69) is 0 Å². The zero-order valence-corrected chi connectivity index (χ0v) is 12.0. The van der Waals surface area contributed by atoms with Crippen molar-refractivity contribution in [3.05, 3.63) is 71.8 Å². The van der Waals surface area contributed by atoms with Crippen molar-refractivity contribution < 1.29 is 10.2 Å². The Morgan fingerprint density at radius 2 is 1.45 bits per heavy atom. The van der Waals surface area contributed by atoms with Crippen LogP contribution in [0.25, 0.3) is 0 Å². The zero-order chi connectivity index (χ0) is 14.6. The van der Waals surface area contributed by atoms with Crippen LogP contribution >= 0.6 is 0 Å². The van der Waals surface area contributed by atoms with Crippen molar-refractivity contribution in [2.45, 2.75) is 32.0 Å². The highest BCUT2D eigenvalue weighted by atomic mass is 16.3. The van der Waals surface area contributed by atoms with E-state index in [-0.39, 0.29) is 5.92 Å². The maximum absolute atomic E-state index is 11.0. The first kappa shape index (κ1) is 14.8. The normalized spacial score (nSPS) is 17.2. The standard InChI is InChI=1S/C18H22O2/c1-3-18(20,16-12-8-5-9-13-16)14(2)17(19)15-10-6-4-7-11-15/h4-14,17,19-20H,3H2,1-2H3/t14-,17-,18+/m0/s1. The number of aliphatic hydroxyl groups excluding tert-OH is 1. The third kappa shape index (κ3) is 2.77. The smallest absolute Gasteiger partial charge is 0.0947 e. The second-order valence-electron chi connectivity index (χ2n) is 5.29. The minimum Gasteiger partial charge on any atom is -0.388 e. The zero-order valence-electron chi connectivity index (χ0n) is 12.0. The Hall–Kier alpha value is -1.64. The Labute approximate surface area is 120 Å². The first-order valence-electron chi connectivity index (χ1n) is 7.10. The second kappa shape index (κ2) is 6.21. The quantitative estimate of drug-likeness (QED) is 0.870. The van der Waals surface area contributed by atoms with E-state index in [0.717, 1.165) is 11.1 Å². The van der Waals surface area contributed by atoms with Crippen molar-refractivity contribution in [3.63, 3.8) is 0 Å².